The fourth-order valence-electron chi connectivity index (χ4n) is 1.75. The summed E-state index contributed by atoms with van der Waals surface area (Å²) in [5.41, 5.74) is 3.47. The molecule has 1 aromatic heterocycles. The van der Waals surface area contributed by atoms with E-state index in [-0.39, 0.29) is 0 Å². The van der Waals surface area contributed by atoms with E-state index in [1.165, 1.54) is 5.56 Å². The van der Waals surface area contributed by atoms with Crippen molar-refractivity contribution >= 4 is 12.2 Å². The maximum absolute atomic E-state index is 10.2. The molecule has 3 heteroatoms. The number of pyridine rings is 1. The molecule has 1 N–H and O–H groups in total. The Bertz CT molecular complexity index is 515. The van der Waals surface area contributed by atoms with Crippen LogP contribution in [-0.4, -0.2) is 11.4 Å². The van der Waals surface area contributed by atoms with Crippen molar-refractivity contribution < 1.29 is 4.79 Å². The summed E-state index contributed by atoms with van der Waals surface area (Å²) in [5.74, 6) is 1.04. The van der Waals surface area contributed by atoms with Crippen LogP contribution in [-0.2, 0) is 4.79 Å². The largest absolute Gasteiger partial charge is 0.315 e. The molecule has 0 unspecified atom stereocenters. The lowest BCUT2D eigenvalue weighted by Crippen LogP contribution is -1.95. The second-order valence-electron chi connectivity index (χ2n) is 4.44. The highest BCUT2D eigenvalue weighted by Gasteiger charge is 2.01. The summed E-state index contributed by atoms with van der Waals surface area (Å²) in [7, 11) is 0. The van der Waals surface area contributed by atoms with Crippen molar-refractivity contribution in [1.82, 2.24) is 4.98 Å². The van der Waals surface area contributed by atoms with Crippen LogP contribution in [0.1, 0.15) is 25.3 Å². The van der Waals surface area contributed by atoms with Gasteiger partial charge in [0.1, 0.15) is 5.82 Å². The average Bonchev–Trinajstić information content (AvgIpc) is 2.40. The molecule has 0 saturated carbocycles. The predicted molar refractivity (Wildman–Crippen MR) is 73.1 cm³/mol. The molecule has 91 valence electrons. The summed E-state index contributed by atoms with van der Waals surface area (Å²) >= 11 is 0. The molecule has 2 aromatic rings. The van der Waals surface area contributed by atoms with Crippen LogP contribution in [0.25, 0.3) is 11.1 Å². The average molecular weight is 239 g/mol. The molecule has 1 heterocycles. The third-order valence-corrected chi connectivity index (χ3v) is 2.85. The first-order chi connectivity index (χ1) is 8.70. The number of anilines is 1. The van der Waals surface area contributed by atoms with Gasteiger partial charge >= 0.3 is 6.41 Å². The molecular weight excluding hydrogens is 224 g/mol. The molecule has 0 aliphatic rings. The van der Waals surface area contributed by atoms with Crippen molar-refractivity contribution in [1.29, 1.82) is 0 Å². The van der Waals surface area contributed by atoms with E-state index in [2.05, 4.69) is 48.4 Å². The SMILES string of the molecule is CC(C)c1ccc(-c2ccc(N[C]=O)nc2)cc1. The molecule has 18 heavy (non-hydrogen) atoms. The van der Waals surface area contributed by atoms with Gasteiger partial charge in [0.2, 0.25) is 0 Å². The zero-order chi connectivity index (χ0) is 13.0. The lowest BCUT2D eigenvalue weighted by atomic mass is 9.99. The summed E-state index contributed by atoms with van der Waals surface area (Å²) in [6.45, 7) is 4.35. The number of rotatable bonds is 4. The van der Waals surface area contributed by atoms with Gasteiger partial charge in [-0.15, -0.1) is 0 Å². The van der Waals surface area contributed by atoms with Crippen LogP contribution in [0.15, 0.2) is 42.6 Å². The number of nitrogens with one attached hydrogen (secondary N) is 1. The van der Waals surface area contributed by atoms with Gasteiger partial charge in [-0.05, 0) is 29.2 Å². The van der Waals surface area contributed by atoms with Gasteiger partial charge < -0.3 is 5.32 Å². The number of carbonyl (C=O) groups excluding carboxylic acids is 1. The monoisotopic (exact) mass is 239 g/mol. The number of hydrogen-bond acceptors (Lipinski definition) is 2. The van der Waals surface area contributed by atoms with Crippen LogP contribution >= 0.6 is 0 Å². The Morgan fingerprint density at radius 3 is 2.22 bits per heavy atom. The standard InChI is InChI=1S/C15H15N2O/c1-11(2)12-3-5-13(6-4-12)14-7-8-15(16-9-14)17-10-18/h3-9,11H,1-2H3,(H,16,17,18). The van der Waals surface area contributed by atoms with Gasteiger partial charge in [0, 0.05) is 11.8 Å². The van der Waals surface area contributed by atoms with Crippen LogP contribution in [0.5, 0.6) is 0 Å². The topological polar surface area (TPSA) is 42.0 Å². The van der Waals surface area contributed by atoms with Crippen molar-refractivity contribution in [3.05, 3.63) is 48.2 Å². The minimum atomic E-state index is 0.507. The Morgan fingerprint density at radius 2 is 1.72 bits per heavy atom. The van der Waals surface area contributed by atoms with Gasteiger partial charge in [0.05, 0.1) is 0 Å². The van der Waals surface area contributed by atoms with Gasteiger partial charge in [0.15, 0.2) is 0 Å². The van der Waals surface area contributed by atoms with Crippen LogP contribution in [0, 0.1) is 0 Å². The van der Waals surface area contributed by atoms with Crippen molar-refractivity contribution in [3.63, 3.8) is 0 Å². The predicted octanol–water partition coefficient (Wildman–Crippen LogP) is 3.35. The smallest absolute Gasteiger partial charge is 0.302 e. The number of hydrogen-bond donors (Lipinski definition) is 1. The Morgan fingerprint density at radius 1 is 1.06 bits per heavy atom. The van der Waals surface area contributed by atoms with Gasteiger partial charge in [-0.3, -0.25) is 4.79 Å². The maximum atomic E-state index is 10.2. The maximum Gasteiger partial charge on any atom is 0.315 e. The second kappa shape index (κ2) is 5.45. The Balaban J connectivity index is 2.22. The number of nitrogens with zero attached hydrogens (tertiary/aromatic N) is 1. The van der Waals surface area contributed by atoms with E-state index < -0.39 is 0 Å². The van der Waals surface area contributed by atoms with Crippen molar-refractivity contribution in [3.8, 4) is 11.1 Å². The normalized spacial score (nSPS) is 10.4. The molecule has 2 rings (SSSR count). The zero-order valence-corrected chi connectivity index (χ0v) is 10.5. The molecule has 0 saturated heterocycles. The molecule has 1 amide bonds. The third-order valence-electron chi connectivity index (χ3n) is 2.85. The quantitative estimate of drug-likeness (QED) is 0.831. The highest BCUT2D eigenvalue weighted by Crippen LogP contribution is 2.22. The summed E-state index contributed by atoms with van der Waals surface area (Å²) in [6.07, 6.45) is 3.34. The number of aromatic nitrogens is 1. The van der Waals surface area contributed by atoms with E-state index in [0.717, 1.165) is 11.1 Å². The molecule has 1 aromatic carbocycles. The van der Waals surface area contributed by atoms with E-state index in [9.17, 15) is 4.79 Å². The molecule has 0 spiro atoms. The number of benzene rings is 1. The van der Waals surface area contributed by atoms with Crippen molar-refractivity contribution in [2.24, 2.45) is 0 Å². The first-order valence-electron chi connectivity index (χ1n) is 5.90. The summed E-state index contributed by atoms with van der Waals surface area (Å²) < 4.78 is 0. The minimum absolute atomic E-state index is 0.507. The summed E-state index contributed by atoms with van der Waals surface area (Å²) in [6, 6.07) is 12.1. The minimum Gasteiger partial charge on any atom is -0.302 e. The first-order valence-corrected chi connectivity index (χ1v) is 5.90. The van der Waals surface area contributed by atoms with E-state index in [1.54, 1.807) is 18.7 Å². The van der Waals surface area contributed by atoms with Crippen LogP contribution < -0.4 is 5.32 Å². The number of amides is 1. The van der Waals surface area contributed by atoms with E-state index in [4.69, 9.17) is 0 Å². The molecule has 0 aliphatic heterocycles. The fourth-order valence-corrected chi connectivity index (χ4v) is 1.75. The van der Waals surface area contributed by atoms with Crippen molar-refractivity contribution in [2.45, 2.75) is 19.8 Å². The van der Waals surface area contributed by atoms with Crippen LogP contribution in [0.3, 0.4) is 0 Å². The molecule has 0 atom stereocenters. The third kappa shape index (κ3) is 2.74. The Hall–Kier alpha value is -2.16. The summed E-state index contributed by atoms with van der Waals surface area (Å²) in [4.78, 5) is 14.3. The first kappa shape index (κ1) is 12.3. The van der Waals surface area contributed by atoms with Crippen LogP contribution in [0.2, 0.25) is 0 Å². The summed E-state index contributed by atoms with van der Waals surface area (Å²) in [5, 5.41) is 2.39. The van der Waals surface area contributed by atoms with Crippen LogP contribution in [0.4, 0.5) is 5.82 Å². The molecular formula is C15H15N2O. The lowest BCUT2D eigenvalue weighted by molar-refractivity contribution is 0.561. The van der Waals surface area contributed by atoms with Gasteiger partial charge in [-0.2, -0.15) is 0 Å². The van der Waals surface area contributed by atoms with Crippen molar-refractivity contribution in [2.75, 3.05) is 5.32 Å². The fraction of sp³-hybridized carbons (Fsp3) is 0.200. The van der Waals surface area contributed by atoms with E-state index in [1.807, 2.05) is 6.07 Å². The molecule has 0 bridgehead atoms. The molecule has 1 radical (unpaired) electrons. The highest BCUT2D eigenvalue weighted by molar-refractivity contribution is 5.71. The molecule has 0 aliphatic carbocycles. The molecule has 3 nitrogen and oxygen atoms in total. The van der Waals surface area contributed by atoms with Gasteiger partial charge in [0.25, 0.3) is 0 Å². The molecule has 0 fully saturated rings. The lowest BCUT2D eigenvalue weighted by Gasteiger charge is -2.07. The van der Waals surface area contributed by atoms with E-state index >= 15 is 0 Å². The van der Waals surface area contributed by atoms with Gasteiger partial charge in [-0.25, -0.2) is 4.98 Å². The zero-order valence-electron chi connectivity index (χ0n) is 10.5. The highest BCUT2D eigenvalue weighted by atomic mass is 16.1. The Kier molecular flexibility index (Phi) is 3.72. The Labute approximate surface area is 107 Å². The van der Waals surface area contributed by atoms with E-state index in [0.29, 0.717) is 11.7 Å². The second-order valence-corrected chi connectivity index (χ2v) is 4.44. The van der Waals surface area contributed by atoms with Gasteiger partial charge in [-0.1, -0.05) is 38.1 Å².